The Morgan fingerprint density at radius 3 is 2.76 bits per heavy atom. The second-order valence-corrected chi connectivity index (χ2v) is 7.67. The monoisotopic (exact) mass is 411 g/mol. The second kappa shape index (κ2) is 8.61. The summed E-state index contributed by atoms with van der Waals surface area (Å²) in [5, 5.41) is 11.8. The highest BCUT2D eigenvalue weighted by Crippen LogP contribution is 2.18. The molecule has 0 radical (unpaired) electrons. The molecule has 0 spiro atoms. The van der Waals surface area contributed by atoms with E-state index in [9.17, 15) is 9.59 Å². The molecule has 1 aliphatic heterocycles. The molecule has 8 heteroatoms. The van der Waals surface area contributed by atoms with Crippen molar-refractivity contribution in [2.45, 2.75) is 19.4 Å². The Kier molecular flexibility index (Phi) is 5.76. The third-order valence-electron chi connectivity index (χ3n) is 5.24. The summed E-state index contributed by atoms with van der Waals surface area (Å²) in [5.41, 5.74) is 2.72. The van der Waals surface area contributed by atoms with Crippen LogP contribution < -0.4 is 5.32 Å². The van der Waals surface area contributed by atoms with E-state index in [0.29, 0.717) is 31.1 Å². The molecule has 2 aromatic carbocycles. The molecule has 1 N–H and O–H groups in total. The fraction of sp³-hybridized carbons (Fsp3) is 0.333. The Hall–Kier alpha value is -2.93. The van der Waals surface area contributed by atoms with Crippen LogP contribution in [0.3, 0.4) is 0 Å². The SMILES string of the molecule is O=C(NCCc1ccc(Cl)cc1)C1CCN(C(=O)Cn2nnc3ccccc32)C1. The van der Waals surface area contributed by atoms with Gasteiger partial charge < -0.3 is 10.2 Å². The van der Waals surface area contributed by atoms with Gasteiger partial charge in [-0.25, -0.2) is 4.68 Å². The van der Waals surface area contributed by atoms with Crippen LogP contribution in [-0.2, 0) is 22.6 Å². The van der Waals surface area contributed by atoms with Crippen molar-refractivity contribution in [2.75, 3.05) is 19.6 Å². The highest BCUT2D eigenvalue weighted by molar-refractivity contribution is 6.30. The van der Waals surface area contributed by atoms with Gasteiger partial charge in [0.05, 0.1) is 11.4 Å². The number of fused-ring (bicyclic) bond motifs is 1. The molecule has 1 aliphatic rings. The number of nitrogens with zero attached hydrogens (tertiary/aromatic N) is 4. The van der Waals surface area contributed by atoms with Crippen LogP contribution >= 0.6 is 11.6 Å². The van der Waals surface area contributed by atoms with Gasteiger partial charge in [-0.3, -0.25) is 9.59 Å². The first-order chi connectivity index (χ1) is 14.1. The molecule has 1 atom stereocenters. The Morgan fingerprint density at radius 2 is 1.93 bits per heavy atom. The Morgan fingerprint density at radius 1 is 1.14 bits per heavy atom. The number of aromatic nitrogens is 3. The van der Waals surface area contributed by atoms with Gasteiger partial charge in [0, 0.05) is 24.7 Å². The minimum atomic E-state index is -0.170. The van der Waals surface area contributed by atoms with E-state index in [1.807, 2.05) is 48.5 Å². The third kappa shape index (κ3) is 4.56. The first kappa shape index (κ1) is 19.4. The molecule has 2 heterocycles. The number of benzene rings is 2. The van der Waals surface area contributed by atoms with Crippen molar-refractivity contribution in [2.24, 2.45) is 5.92 Å². The molecule has 29 heavy (non-hydrogen) atoms. The summed E-state index contributed by atoms with van der Waals surface area (Å²) in [7, 11) is 0. The van der Waals surface area contributed by atoms with Crippen molar-refractivity contribution in [3.63, 3.8) is 0 Å². The number of halogens is 1. The van der Waals surface area contributed by atoms with Gasteiger partial charge in [0.1, 0.15) is 12.1 Å². The standard InChI is InChI=1S/C21H22ClN5O2/c22-17-7-5-15(6-8-17)9-11-23-21(29)16-10-12-26(13-16)20(28)14-27-19-4-2-1-3-18(19)24-25-27/h1-8,16H,9-14H2,(H,23,29). The number of hydrogen-bond acceptors (Lipinski definition) is 4. The number of likely N-dealkylation sites (tertiary alicyclic amines) is 1. The van der Waals surface area contributed by atoms with Crippen molar-refractivity contribution in [3.05, 3.63) is 59.1 Å². The Labute approximate surface area is 173 Å². The Balaban J connectivity index is 1.26. The molecule has 0 bridgehead atoms. The minimum absolute atomic E-state index is 0.000434. The first-order valence-corrected chi connectivity index (χ1v) is 10.1. The Bertz CT molecular complexity index is 1020. The molecule has 0 aliphatic carbocycles. The summed E-state index contributed by atoms with van der Waals surface area (Å²) >= 11 is 5.88. The predicted molar refractivity (Wildman–Crippen MR) is 110 cm³/mol. The van der Waals surface area contributed by atoms with Gasteiger partial charge in [-0.15, -0.1) is 5.10 Å². The summed E-state index contributed by atoms with van der Waals surface area (Å²) in [5.74, 6) is -0.214. The molecule has 3 aromatic rings. The molecular formula is C21H22ClN5O2. The van der Waals surface area contributed by atoms with Gasteiger partial charge in [-0.2, -0.15) is 0 Å². The number of nitrogens with one attached hydrogen (secondary N) is 1. The zero-order valence-electron chi connectivity index (χ0n) is 15.9. The van der Waals surface area contributed by atoms with Crippen LogP contribution in [0.2, 0.25) is 5.02 Å². The van der Waals surface area contributed by atoms with E-state index < -0.39 is 0 Å². The second-order valence-electron chi connectivity index (χ2n) is 7.23. The van der Waals surface area contributed by atoms with Crippen molar-refractivity contribution in [3.8, 4) is 0 Å². The van der Waals surface area contributed by atoms with Crippen LogP contribution in [0.5, 0.6) is 0 Å². The van der Waals surface area contributed by atoms with E-state index in [4.69, 9.17) is 11.6 Å². The molecule has 1 fully saturated rings. The summed E-state index contributed by atoms with van der Waals surface area (Å²) in [6.07, 6.45) is 1.42. The van der Waals surface area contributed by atoms with Gasteiger partial charge >= 0.3 is 0 Å². The number of carbonyl (C=O) groups is 2. The molecule has 7 nitrogen and oxygen atoms in total. The fourth-order valence-corrected chi connectivity index (χ4v) is 3.71. The van der Waals surface area contributed by atoms with Gasteiger partial charge in [0.15, 0.2) is 0 Å². The lowest BCUT2D eigenvalue weighted by molar-refractivity contribution is -0.131. The van der Waals surface area contributed by atoms with Crippen LogP contribution in [0, 0.1) is 5.92 Å². The number of rotatable bonds is 6. The van der Waals surface area contributed by atoms with Crippen molar-refractivity contribution >= 4 is 34.4 Å². The van der Waals surface area contributed by atoms with Crippen molar-refractivity contribution < 1.29 is 9.59 Å². The highest BCUT2D eigenvalue weighted by Gasteiger charge is 2.31. The summed E-state index contributed by atoms with van der Waals surface area (Å²) in [4.78, 5) is 26.8. The van der Waals surface area contributed by atoms with Gasteiger partial charge in [0.25, 0.3) is 0 Å². The van der Waals surface area contributed by atoms with E-state index in [-0.39, 0.29) is 24.3 Å². The molecule has 1 unspecified atom stereocenters. The van der Waals surface area contributed by atoms with E-state index in [2.05, 4.69) is 15.6 Å². The predicted octanol–water partition coefficient (Wildman–Crippen LogP) is 2.29. The van der Waals surface area contributed by atoms with Crippen LogP contribution in [0.4, 0.5) is 0 Å². The average molecular weight is 412 g/mol. The maximum atomic E-state index is 12.6. The normalized spacial score (nSPS) is 16.3. The lowest BCUT2D eigenvalue weighted by Crippen LogP contribution is -2.36. The maximum absolute atomic E-state index is 12.6. The number of hydrogen-bond donors (Lipinski definition) is 1. The van der Waals surface area contributed by atoms with Crippen molar-refractivity contribution in [1.82, 2.24) is 25.2 Å². The number of carbonyl (C=O) groups excluding carboxylic acids is 2. The first-order valence-electron chi connectivity index (χ1n) is 9.68. The maximum Gasteiger partial charge on any atom is 0.244 e. The largest absolute Gasteiger partial charge is 0.355 e. The quantitative estimate of drug-likeness (QED) is 0.674. The third-order valence-corrected chi connectivity index (χ3v) is 5.50. The highest BCUT2D eigenvalue weighted by atomic mass is 35.5. The van der Waals surface area contributed by atoms with Gasteiger partial charge in [0.2, 0.25) is 11.8 Å². The molecule has 2 amide bonds. The smallest absolute Gasteiger partial charge is 0.244 e. The van der Waals surface area contributed by atoms with Crippen LogP contribution in [-0.4, -0.2) is 51.3 Å². The van der Waals surface area contributed by atoms with Crippen LogP contribution in [0.15, 0.2) is 48.5 Å². The van der Waals surface area contributed by atoms with E-state index >= 15 is 0 Å². The van der Waals surface area contributed by atoms with Gasteiger partial charge in [-0.1, -0.05) is 41.1 Å². The molecular weight excluding hydrogens is 390 g/mol. The molecule has 0 saturated carbocycles. The molecule has 150 valence electrons. The zero-order chi connectivity index (χ0) is 20.2. The van der Waals surface area contributed by atoms with Gasteiger partial charge in [-0.05, 0) is 42.7 Å². The lowest BCUT2D eigenvalue weighted by atomic mass is 10.1. The van der Waals surface area contributed by atoms with E-state index in [0.717, 1.165) is 23.0 Å². The van der Waals surface area contributed by atoms with Crippen molar-refractivity contribution in [1.29, 1.82) is 0 Å². The molecule has 4 rings (SSSR count). The van der Waals surface area contributed by atoms with E-state index in [1.54, 1.807) is 9.58 Å². The van der Waals surface area contributed by atoms with Crippen LogP contribution in [0.1, 0.15) is 12.0 Å². The average Bonchev–Trinajstić information content (AvgIpc) is 3.37. The fourth-order valence-electron chi connectivity index (χ4n) is 3.59. The summed E-state index contributed by atoms with van der Waals surface area (Å²) in [6, 6.07) is 15.1. The zero-order valence-corrected chi connectivity index (χ0v) is 16.7. The number of amides is 2. The van der Waals surface area contributed by atoms with Crippen LogP contribution in [0.25, 0.3) is 11.0 Å². The van der Waals surface area contributed by atoms with E-state index in [1.165, 1.54) is 0 Å². The topological polar surface area (TPSA) is 80.1 Å². The molecule has 1 aromatic heterocycles. The lowest BCUT2D eigenvalue weighted by Gasteiger charge is -2.16. The summed E-state index contributed by atoms with van der Waals surface area (Å²) < 4.78 is 1.61. The summed E-state index contributed by atoms with van der Waals surface area (Å²) in [6.45, 7) is 1.72. The number of para-hydroxylation sites is 1. The minimum Gasteiger partial charge on any atom is -0.355 e. The molecule has 1 saturated heterocycles.